The Bertz CT molecular complexity index is 1160. The van der Waals surface area contributed by atoms with Crippen molar-refractivity contribution in [1.82, 2.24) is 20.1 Å². The van der Waals surface area contributed by atoms with Crippen molar-refractivity contribution >= 4 is 23.6 Å². The number of piperidine rings is 1. The van der Waals surface area contributed by atoms with Gasteiger partial charge in [0.2, 0.25) is 11.8 Å². The summed E-state index contributed by atoms with van der Waals surface area (Å²) in [7, 11) is 0. The van der Waals surface area contributed by atoms with Crippen LogP contribution in [0.5, 0.6) is 0 Å². The number of hydrogen-bond acceptors (Lipinski definition) is 7. The average Bonchev–Trinajstić information content (AvgIpc) is 3.36. The number of pyridine rings is 1. The van der Waals surface area contributed by atoms with Crippen molar-refractivity contribution in [1.29, 1.82) is 0 Å². The molecule has 0 aliphatic carbocycles. The molecule has 2 N–H and O–H groups in total. The van der Waals surface area contributed by atoms with E-state index in [-0.39, 0.29) is 30.6 Å². The van der Waals surface area contributed by atoms with E-state index < -0.39 is 29.7 Å². The molecule has 2 aromatic rings. The normalized spacial score (nSPS) is 23.2. The molecule has 4 heterocycles. The van der Waals surface area contributed by atoms with Crippen LogP contribution in [0.25, 0.3) is 11.3 Å². The monoisotopic (exact) mass is 448 g/mol. The predicted molar refractivity (Wildman–Crippen MR) is 117 cm³/mol. The smallest absolute Gasteiger partial charge is 0.262 e. The Morgan fingerprint density at radius 2 is 1.85 bits per heavy atom. The zero-order valence-electron chi connectivity index (χ0n) is 18.0. The van der Waals surface area contributed by atoms with Gasteiger partial charge in [0.25, 0.3) is 11.8 Å². The minimum atomic E-state index is -0.983. The topological polar surface area (TPSA) is 120 Å². The second-order valence-electron chi connectivity index (χ2n) is 8.83. The zero-order chi connectivity index (χ0) is 23.1. The Kier molecular flexibility index (Phi) is 5.51. The number of rotatable bonds is 5. The molecule has 0 bridgehead atoms. The summed E-state index contributed by atoms with van der Waals surface area (Å²) in [5.41, 5.74) is 2.95. The molecule has 9 heteroatoms. The molecule has 33 heavy (non-hydrogen) atoms. The maximum absolute atomic E-state index is 13.1. The number of aromatic nitrogens is 1. The highest BCUT2D eigenvalue weighted by Crippen LogP contribution is 2.31. The van der Waals surface area contributed by atoms with Crippen molar-refractivity contribution in [3.63, 3.8) is 0 Å². The molecule has 0 radical (unpaired) electrons. The molecule has 170 valence electrons. The molecule has 0 saturated carbocycles. The van der Waals surface area contributed by atoms with E-state index in [0.717, 1.165) is 36.5 Å². The van der Waals surface area contributed by atoms with Crippen LogP contribution in [0.3, 0.4) is 0 Å². The highest BCUT2D eigenvalue weighted by atomic mass is 16.3. The third kappa shape index (κ3) is 3.94. The van der Waals surface area contributed by atoms with Gasteiger partial charge in [-0.3, -0.25) is 39.3 Å². The van der Waals surface area contributed by atoms with Gasteiger partial charge in [-0.25, -0.2) is 0 Å². The predicted octanol–water partition coefficient (Wildman–Crippen LogP) is 0.964. The summed E-state index contributed by atoms with van der Waals surface area (Å²) in [6.45, 7) is 2.75. The van der Waals surface area contributed by atoms with Crippen LogP contribution in [0.2, 0.25) is 0 Å². The first-order valence-electron chi connectivity index (χ1n) is 11.1. The number of nitrogens with one attached hydrogen (secondary N) is 1. The quantitative estimate of drug-likeness (QED) is 0.654. The number of imide groups is 2. The first-order chi connectivity index (χ1) is 15.9. The molecule has 0 spiro atoms. The lowest BCUT2D eigenvalue weighted by molar-refractivity contribution is -0.136. The van der Waals surface area contributed by atoms with Gasteiger partial charge in [0.05, 0.1) is 16.8 Å². The lowest BCUT2D eigenvalue weighted by Gasteiger charge is -2.27. The van der Waals surface area contributed by atoms with E-state index in [1.54, 1.807) is 24.4 Å². The summed E-state index contributed by atoms with van der Waals surface area (Å²) in [6, 6.07) is 7.92. The highest BCUT2D eigenvalue weighted by Gasteiger charge is 2.44. The third-order valence-electron chi connectivity index (χ3n) is 6.59. The molecule has 1 unspecified atom stereocenters. The molecule has 1 aromatic heterocycles. The van der Waals surface area contributed by atoms with Crippen molar-refractivity contribution < 1.29 is 24.3 Å². The van der Waals surface area contributed by atoms with E-state index in [9.17, 15) is 24.3 Å². The molecule has 2 atom stereocenters. The van der Waals surface area contributed by atoms with Crippen molar-refractivity contribution in [2.24, 2.45) is 5.92 Å². The molecule has 3 aliphatic rings. The van der Waals surface area contributed by atoms with E-state index in [1.807, 2.05) is 12.1 Å². The molecular formula is C24H24N4O5. The van der Waals surface area contributed by atoms with Crippen LogP contribution in [0, 0.1) is 5.92 Å². The lowest BCUT2D eigenvalue weighted by atomic mass is 10.0. The van der Waals surface area contributed by atoms with Crippen LogP contribution >= 0.6 is 0 Å². The minimum Gasteiger partial charge on any atom is -0.396 e. The second kappa shape index (κ2) is 8.49. The maximum Gasteiger partial charge on any atom is 0.262 e. The van der Waals surface area contributed by atoms with Gasteiger partial charge in [-0.15, -0.1) is 0 Å². The Hall–Kier alpha value is -3.43. The summed E-state index contributed by atoms with van der Waals surface area (Å²) in [4.78, 5) is 57.3. The van der Waals surface area contributed by atoms with Crippen LogP contribution in [0.4, 0.5) is 0 Å². The van der Waals surface area contributed by atoms with Gasteiger partial charge < -0.3 is 5.11 Å². The second-order valence-corrected chi connectivity index (χ2v) is 8.83. The van der Waals surface area contributed by atoms with E-state index in [1.165, 1.54) is 0 Å². The molecule has 9 nitrogen and oxygen atoms in total. The average molecular weight is 448 g/mol. The SMILES string of the molecule is O=C1CCC(N2C(=O)c3ccc(-c4cc(CN5CC[C@H](CO)C5)ccn4)cc3C2=O)C(=O)N1. The van der Waals surface area contributed by atoms with Gasteiger partial charge in [0.15, 0.2) is 0 Å². The van der Waals surface area contributed by atoms with Gasteiger partial charge in [0, 0.05) is 37.9 Å². The summed E-state index contributed by atoms with van der Waals surface area (Å²) in [5, 5.41) is 11.6. The maximum atomic E-state index is 13.1. The van der Waals surface area contributed by atoms with Crippen LogP contribution < -0.4 is 5.32 Å². The Labute approximate surface area is 190 Å². The molecule has 3 aliphatic heterocycles. The molecule has 2 fully saturated rings. The summed E-state index contributed by atoms with van der Waals surface area (Å²) in [6.07, 6.45) is 2.92. The number of amides is 4. The Morgan fingerprint density at radius 3 is 2.61 bits per heavy atom. The molecular weight excluding hydrogens is 424 g/mol. The van der Waals surface area contributed by atoms with Crippen LogP contribution in [-0.2, 0) is 16.1 Å². The third-order valence-corrected chi connectivity index (χ3v) is 6.59. The molecule has 4 amide bonds. The van der Waals surface area contributed by atoms with Gasteiger partial charge in [-0.05, 0) is 55.1 Å². The van der Waals surface area contributed by atoms with Crippen LogP contribution in [-0.4, -0.2) is 69.3 Å². The van der Waals surface area contributed by atoms with E-state index in [2.05, 4.69) is 15.2 Å². The number of nitrogens with zero attached hydrogens (tertiary/aromatic N) is 3. The first kappa shape index (κ1) is 21.4. The van der Waals surface area contributed by atoms with Gasteiger partial charge in [-0.2, -0.15) is 0 Å². The van der Waals surface area contributed by atoms with Gasteiger partial charge in [-0.1, -0.05) is 6.07 Å². The van der Waals surface area contributed by atoms with Gasteiger partial charge >= 0.3 is 0 Å². The van der Waals surface area contributed by atoms with Gasteiger partial charge in [0.1, 0.15) is 6.04 Å². The Balaban J connectivity index is 1.38. The summed E-state index contributed by atoms with van der Waals surface area (Å²) in [5.74, 6) is -1.76. The fourth-order valence-electron chi connectivity index (χ4n) is 4.82. The lowest BCUT2D eigenvalue weighted by Crippen LogP contribution is -2.54. The molecule has 5 rings (SSSR count). The largest absolute Gasteiger partial charge is 0.396 e. The van der Waals surface area contributed by atoms with E-state index in [4.69, 9.17) is 0 Å². The molecule has 2 saturated heterocycles. The number of benzene rings is 1. The zero-order valence-corrected chi connectivity index (χ0v) is 18.0. The van der Waals surface area contributed by atoms with Crippen LogP contribution in [0.15, 0.2) is 36.5 Å². The van der Waals surface area contributed by atoms with Crippen molar-refractivity contribution in [2.45, 2.75) is 31.8 Å². The number of hydrogen-bond donors (Lipinski definition) is 2. The number of carbonyl (C=O) groups excluding carboxylic acids is 4. The van der Waals surface area contributed by atoms with E-state index in [0.29, 0.717) is 17.2 Å². The fourth-order valence-corrected chi connectivity index (χ4v) is 4.82. The Morgan fingerprint density at radius 1 is 1.03 bits per heavy atom. The first-order valence-corrected chi connectivity index (χ1v) is 11.1. The van der Waals surface area contributed by atoms with Crippen molar-refractivity contribution in [3.05, 3.63) is 53.2 Å². The fraction of sp³-hybridized carbons (Fsp3) is 0.375. The number of carbonyl (C=O) groups is 4. The summed E-state index contributed by atoms with van der Waals surface area (Å²) < 4.78 is 0. The number of aliphatic hydroxyl groups excluding tert-OH is 1. The molecule has 1 aromatic carbocycles. The van der Waals surface area contributed by atoms with E-state index >= 15 is 0 Å². The number of likely N-dealkylation sites (tertiary alicyclic amines) is 1. The summed E-state index contributed by atoms with van der Waals surface area (Å²) >= 11 is 0. The number of fused-ring (bicyclic) bond motifs is 1. The minimum absolute atomic E-state index is 0.0852. The van der Waals surface area contributed by atoms with Crippen molar-refractivity contribution in [2.75, 3.05) is 19.7 Å². The standard InChI is InChI=1S/C24H24N4O5/c29-13-15-6-8-27(12-15)11-14-5-7-25-19(9-14)16-1-2-17-18(10-16)24(33)28(23(17)32)20-3-4-21(30)26-22(20)31/h1-2,5,7,9-10,15,20,29H,3-4,6,8,11-13H2,(H,26,30,31)/t15-,20?/m0/s1. The van der Waals surface area contributed by atoms with Crippen LogP contribution in [0.1, 0.15) is 45.5 Å². The highest BCUT2D eigenvalue weighted by molar-refractivity contribution is 6.23. The van der Waals surface area contributed by atoms with Crippen molar-refractivity contribution in [3.8, 4) is 11.3 Å². The number of aliphatic hydroxyl groups is 1.